The van der Waals surface area contributed by atoms with Crippen LogP contribution in [0.25, 0.3) is 0 Å². The lowest BCUT2D eigenvalue weighted by Crippen LogP contribution is -2.43. The molecular formula is C16H21NO7S. The third kappa shape index (κ3) is 4.93. The Hall–Kier alpha value is -2.13. The van der Waals surface area contributed by atoms with Crippen molar-refractivity contribution in [2.75, 3.05) is 38.8 Å². The molecule has 2 rings (SSSR count). The fraction of sp³-hybridized carbons (Fsp3) is 0.500. The summed E-state index contributed by atoms with van der Waals surface area (Å²) in [4.78, 5) is 25.0. The number of aliphatic carboxylic acids is 1. The van der Waals surface area contributed by atoms with Crippen LogP contribution in [0.1, 0.15) is 16.8 Å². The molecule has 138 valence electrons. The summed E-state index contributed by atoms with van der Waals surface area (Å²) in [5, 5.41) is 9.07. The summed E-state index contributed by atoms with van der Waals surface area (Å²) >= 11 is 0. The second-order valence-corrected chi connectivity index (χ2v) is 8.08. The molecule has 0 spiro atoms. The fourth-order valence-electron chi connectivity index (χ4n) is 2.84. The fourth-order valence-corrected chi connectivity index (χ4v) is 4.60. The zero-order valence-electron chi connectivity index (χ0n) is 14.1. The average molecular weight is 371 g/mol. The van der Waals surface area contributed by atoms with Gasteiger partial charge in [0, 0.05) is 11.6 Å². The summed E-state index contributed by atoms with van der Waals surface area (Å²) in [5.74, 6) is -0.668. The molecule has 1 saturated heterocycles. The maximum Gasteiger partial charge on any atom is 0.317 e. The third-order valence-corrected chi connectivity index (χ3v) is 5.87. The molecule has 1 N–H and O–H groups in total. The number of sulfone groups is 1. The Morgan fingerprint density at radius 3 is 2.40 bits per heavy atom. The normalized spacial score (nSPS) is 18.9. The summed E-state index contributed by atoms with van der Waals surface area (Å²) in [6.45, 7) is -0.568. The molecule has 8 nitrogen and oxygen atoms in total. The van der Waals surface area contributed by atoms with Gasteiger partial charge in [-0.1, -0.05) is 0 Å². The van der Waals surface area contributed by atoms with Gasteiger partial charge in [0.1, 0.15) is 0 Å². The van der Waals surface area contributed by atoms with Gasteiger partial charge in [0.2, 0.25) is 0 Å². The van der Waals surface area contributed by atoms with E-state index in [4.69, 9.17) is 14.6 Å². The van der Waals surface area contributed by atoms with Crippen LogP contribution in [0.3, 0.4) is 0 Å². The van der Waals surface area contributed by atoms with Gasteiger partial charge in [0.25, 0.3) is 0 Å². The SMILES string of the molecule is COc1ccc(C(=O)CN(CC(=O)O)[C@H]2CCS(=O)(=O)C2)cc1OC. The van der Waals surface area contributed by atoms with Crippen molar-refractivity contribution in [3.05, 3.63) is 23.8 Å². The van der Waals surface area contributed by atoms with Crippen LogP contribution in [0.2, 0.25) is 0 Å². The van der Waals surface area contributed by atoms with Crippen LogP contribution < -0.4 is 9.47 Å². The minimum atomic E-state index is -3.18. The van der Waals surface area contributed by atoms with Gasteiger partial charge in [-0.3, -0.25) is 14.5 Å². The number of hydrogen-bond donors (Lipinski definition) is 1. The van der Waals surface area contributed by atoms with E-state index in [-0.39, 0.29) is 30.4 Å². The van der Waals surface area contributed by atoms with Crippen LogP contribution in [0.4, 0.5) is 0 Å². The van der Waals surface area contributed by atoms with Gasteiger partial charge < -0.3 is 14.6 Å². The van der Waals surface area contributed by atoms with Gasteiger partial charge in [-0.25, -0.2) is 8.42 Å². The van der Waals surface area contributed by atoms with Crippen LogP contribution in [-0.4, -0.2) is 75.0 Å². The smallest absolute Gasteiger partial charge is 0.317 e. The van der Waals surface area contributed by atoms with Crippen molar-refractivity contribution >= 4 is 21.6 Å². The predicted octanol–water partition coefficient (Wildman–Crippen LogP) is 0.460. The highest BCUT2D eigenvalue weighted by Crippen LogP contribution is 2.28. The van der Waals surface area contributed by atoms with Gasteiger partial charge in [-0.15, -0.1) is 0 Å². The number of carboxylic acids is 1. The van der Waals surface area contributed by atoms with E-state index in [1.54, 1.807) is 12.1 Å². The zero-order chi connectivity index (χ0) is 18.6. The number of ketones is 1. The van der Waals surface area contributed by atoms with E-state index >= 15 is 0 Å². The molecule has 25 heavy (non-hydrogen) atoms. The minimum Gasteiger partial charge on any atom is -0.493 e. The van der Waals surface area contributed by atoms with E-state index in [0.717, 1.165) is 0 Å². The van der Waals surface area contributed by atoms with Crippen molar-refractivity contribution < 1.29 is 32.6 Å². The van der Waals surface area contributed by atoms with Gasteiger partial charge in [0.05, 0.1) is 38.8 Å². The molecular weight excluding hydrogens is 350 g/mol. The predicted molar refractivity (Wildman–Crippen MR) is 90.1 cm³/mol. The van der Waals surface area contributed by atoms with Crippen molar-refractivity contribution in [2.24, 2.45) is 0 Å². The van der Waals surface area contributed by atoms with Crippen molar-refractivity contribution in [2.45, 2.75) is 12.5 Å². The summed E-state index contributed by atoms with van der Waals surface area (Å²) in [5.41, 5.74) is 0.342. The molecule has 0 amide bonds. The highest BCUT2D eigenvalue weighted by Gasteiger charge is 2.34. The number of nitrogens with zero attached hydrogens (tertiary/aromatic N) is 1. The number of rotatable bonds is 8. The molecule has 0 bridgehead atoms. The molecule has 9 heteroatoms. The number of carbonyl (C=O) groups is 2. The van der Waals surface area contributed by atoms with Gasteiger partial charge >= 0.3 is 5.97 Å². The molecule has 0 radical (unpaired) electrons. The molecule has 1 atom stereocenters. The zero-order valence-corrected chi connectivity index (χ0v) is 14.9. The van der Waals surface area contributed by atoms with Crippen molar-refractivity contribution in [1.82, 2.24) is 4.90 Å². The summed E-state index contributed by atoms with van der Waals surface area (Å²) in [6, 6.07) is 4.21. The second kappa shape index (κ2) is 7.83. The maximum atomic E-state index is 12.5. The monoisotopic (exact) mass is 371 g/mol. The van der Waals surface area contributed by atoms with Crippen LogP contribution >= 0.6 is 0 Å². The first-order chi connectivity index (χ1) is 11.8. The number of Topliss-reactive ketones (excluding diaryl/α,β-unsaturated/α-hetero) is 1. The minimum absolute atomic E-state index is 0.0122. The lowest BCUT2D eigenvalue weighted by atomic mass is 10.1. The van der Waals surface area contributed by atoms with E-state index in [2.05, 4.69) is 0 Å². The Kier molecular flexibility index (Phi) is 6.02. The largest absolute Gasteiger partial charge is 0.493 e. The first kappa shape index (κ1) is 19.2. The quantitative estimate of drug-likeness (QED) is 0.656. The Bertz CT molecular complexity index is 760. The van der Waals surface area contributed by atoms with E-state index in [9.17, 15) is 18.0 Å². The second-order valence-electron chi connectivity index (χ2n) is 5.85. The average Bonchev–Trinajstić information content (AvgIpc) is 2.93. The lowest BCUT2D eigenvalue weighted by molar-refractivity contribution is -0.138. The number of benzene rings is 1. The van der Waals surface area contributed by atoms with E-state index in [1.165, 1.54) is 25.2 Å². The maximum absolute atomic E-state index is 12.5. The molecule has 0 saturated carbocycles. The number of methoxy groups -OCH3 is 2. The van der Waals surface area contributed by atoms with Crippen molar-refractivity contribution in [3.63, 3.8) is 0 Å². The highest BCUT2D eigenvalue weighted by molar-refractivity contribution is 7.91. The Morgan fingerprint density at radius 2 is 1.88 bits per heavy atom. The molecule has 1 aliphatic heterocycles. The number of carbonyl (C=O) groups excluding carboxylic acids is 1. The number of hydrogen-bond acceptors (Lipinski definition) is 7. The number of ether oxygens (including phenoxy) is 2. The molecule has 1 aliphatic rings. The van der Waals surface area contributed by atoms with E-state index in [0.29, 0.717) is 23.5 Å². The molecule has 1 fully saturated rings. The molecule has 0 aromatic heterocycles. The van der Waals surface area contributed by atoms with Crippen LogP contribution in [-0.2, 0) is 14.6 Å². The summed E-state index contributed by atoms with van der Waals surface area (Å²) < 4.78 is 33.6. The van der Waals surface area contributed by atoms with E-state index in [1.807, 2.05) is 0 Å². The molecule has 1 heterocycles. The van der Waals surface area contributed by atoms with Crippen LogP contribution in [0.15, 0.2) is 18.2 Å². The van der Waals surface area contributed by atoms with Gasteiger partial charge in [0.15, 0.2) is 27.1 Å². The first-order valence-electron chi connectivity index (χ1n) is 7.67. The number of carboxylic acid groups (broad SMARTS) is 1. The van der Waals surface area contributed by atoms with Crippen LogP contribution in [0, 0.1) is 0 Å². The molecule has 0 aliphatic carbocycles. The first-order valence-corrected chi connectivity index (χ1v) is 9.49. The molecule has 0 unspecified atom stereocenters. The topological polar surface area (TPSA) is 110 Å². The third-order valence-electron chi connectivity index (χ3n) is 4.12. The van der Waals surface area contributed by atoms with Crippen LogP contribution in [0.5, 0.6) is 11.5 Å². The summed E-state index contributed by atoms with van der Waals surface area (Å²) in [6.07, 6.45) is 0.328. The van der Waals surface area contributed by atoms with Crippen molar-refractivity contribution in [3.8, 4) is 11.5 Å². The van der Waals surface area contributed by atoms with E-state index < -0.39 is 21.8 Å². The van der Waals surface area contributed by atoms with Gasteiger partial charge in [-0.05, 0) is 24.6 Å². The standard InChI is InChI=1S/C16H21NO7S/c1-23-14-4-3-11(7-15(14)24-2)13(18)8-17(9-16(19)20)12-5-6-25(21,22)10-12/h3-4,7,12H,5-6,8-10H2,1-2H3,(H,19,20)/t12-/m0/s1. The lowest BCUT2D eigenvalue weighted by Gasteiger charge is -2.25. The Balaban J connectivity index is 2.18. The Labute approximate surface area is 146 Å². The highest BCUT2D eigenvalue weighted by atomic mass is 32.2. The Morgan fingerprint density at radius 1 is 1.20 bits per heavy atom. The molecule has 1 aromatic rings. The molecule has 1 aromatic carbocycles. The van der Waals surface area contributed by atoms with Crippen molar-refractivity contribution in [1.29, 1.82) is 0 Å². The van der Waals surface area contributed by atoms with Gasteiger partial charge in [-0.2, -0.15) is 0 Å². The summed E-state index contributed by atoms with van der Waals surface area (Å²) in [7, 11) is -0.248.